The molecule has 1 aromatic heterocycles. The zero-order valence-electron chi connectivity index (χ0n) is 5.67. The van der Waals surface area contributed by atoms with Crippen LogP contribution in [0.2, 0.25) is 0 Å². The maximum atomic E-state index is 4.77. The Morgan fingerprint density at radius 3 is 2.60 bits per heavy atom. The Morgan fingerprint density at radius 2 is 2.30 bits per heavy atom. The van der Waals surface area contributed by atoms with Crippen molar-refractivity contribution in [2.45, 2.75) is 0 Å². The third kappa shape index (κ3) is 4.08. The molecule has 0 spiro atoms. The number of nitrogens with zero attached hydrogens (tertiary/aromatic N) is 1. The van der Waals surface area contributed by atoms with E-state index in [-0.39, 0.29) is 40.0 Å². The Labute approximate surface area is 86.9 Å². The first-order valence-corrected chi connectivity index (χ1v) is 2.30. The molecule has 0 aromatic carbocycles. The summed E-state index contributed by atoms with van der Waals surface area (Å²) in [5.41, 5.74) is 0. The summed E-state index contributed by atoms with van der Waals surface area (Å²) in [6, 6.07) is 5.32. The number of aromatic nitrogens is 1. The molecule has 2 nitrogen and oxygen atoms in total. The van der Waals surface area contributed by atoms with Gasteiger partial charge in [-0.15, -0.1) is 6.07 Å². The predicted molar refractivity (Wildman–Crippen MR) is 35.4 cm³/mol. The molecule has 1 heterocycles. The number of rotatable bonds is 1. The summed E-state index contributed by atoms with van der Waals surface area (Å²) in [6.07, 6.45) is 2.64. The standard InChI is InChI=1S/C6H6NO.BrH.Mg/c1-8-6-4-2-3-5-7-6;;/h2-4H,1H3;1H;/q-1;;+2/p-1. The summed E-state index contributed by atoms with van der Waals surface area (Å²) in [6.45, 7) is 0. The molecule has 4 heteroatoms. The van der Waals surface area contributed by atoms with Gasteiger partial charge in [-0.05, 0) is 0 Å². The summed E-state index contributed by atoms with van der Waals surface area (Å²) in [5, 5.41) is 0. The molecule has 0 unspecified atom stereocenters. The number of pyridine rings is 1. The predicted octanol–water partition coefficient (Wildman–Crippen LogP) is -2.49. The molecule has 0 N–H and O–H groups in total. The molecule has 0 saturated heterocycles. The fourth-order valence-electron chi connectivity index (χ4n) is 0.425. The normalized spacial score (nSPS) is 6.90. The Hall–Kier alpha value is 0.196. The van der Waals surface area contributed by atoms with E-state index >= 15 is 0 Å². The smallest absolute Gasteiger partial charge is 1.00 e. The van der Waals surface area contributed by atoms with Gasteiger partial charge in [0.25, 0.3) is 0 Å². The van der Waals surface area contributed by atoms with Crippen LogP contribution in [-0.2, 0) is 0 Å². The van der Waals surface area contributed by atoms with Crippen LogP contribution in [0, 0.1) is 6.20 Å². The van der Waals surface area contributed by atoms with Crippen LogP contribution >= 0.6 is 0 Å². The van der Waals surface area contributed by atoms with Gasteiger partial charge in [0.2, 0.25) is 0 Å². The first kappa shape index (κ1) is 12.8. The number of methoxy groups -OCH3 is 1. The van der Waals surface area contributed by atoms with Crippen molar-refractivity contribution in [1.82, 2.24) is 4.98 Å². The molecule has 0 aliphatic heterocycles. The molecule has 0 amide bonds. The molecule has 0 bridgehead atoms. The van der Waals surface area contributed by atoms with Gasteiger partial charge >= 0.3 is 23.1 Å². The van der Waals surface area contributed by atoms with Crippen LogP contribution in [0.25, 0.3) is 0 Å². The summed E-state index contributed by atoms with van der Waals surface area (Å²) in [4.78, 5) is 3.75. The van der Waals surface area contributed by atoms with Gasteiger partial charge in [0.15, 0.2) is 0 Å². The van der Waals surface area contributed by atoms with Gasteiger partial charge in [-0.2, -0.15) is 12.1 Å². The van der Waals surface area contributed by atoms with Crippen LogP contribution in [0.4, 0.5) is 0 Å². The molecule has 0 aliphatic rings. The van der Waals surface area contributed by atoms with E-state index in [9.17, 15) is 0 Å². The van der Waals surface area contributed by atoms with Crippen molar-refractivity contribution < 1.29 is 21.7 Å². The SMILES string of the molecule is COc1ccc[c-]n1.[Br-].[Mg+2]. The van der Waals surface area contributed by atoms with E-state index in [0.29, 0.717) is 5.88 Å². The van der Waals surface area contributed by atoms with Gasteiger partial charge < -0.3 is 26.7 Å². The van der Waals surface area contributed by atoms with Crippen molar-refractivity contribution in [3.05, 3.63) is 24.4 Å². The maximum Gasteiger partial charge on any atom is 2.00 e. The van der Waals surface area contributed by atoms with E-state index < -0.39 is 0 Å². The van der Waals surface area contributed by atoms with Crippen LogP contribution in [-0.4, -0.2) is 35.1 Å². The second-order valence-electron chi connectivity index (χ2n) is 1.31. The fraction of sp³-hybridized carbons (Fsp3) is 0.167. The van der Waals surface area contributed by atoms with E-state index in [2.05, 4.69) is 11.2 Å². The molecule has 0 radical (unpaired) electrons. The zero-order chi connectivity index (χ0) is 5.82. The van der Waals surface area contributed by atoms with Gasteiger partial charge in [-0.3, -0.25) is 0 Å². The van der Waals surface area contributed by atoms with Crippen LogP contribution in [0.5, 0.6) is 5.88 Å². The summed E-state index contributed by atoms with van der Waals surface area (Å²) >= 11 is 0. The summed E-state index contributed by atoms with van der Waals surface area (Å²) in [5.74, 6) is 0.604. The average Bonchev–Trinajstić information content (AvgIpc) is 1.90. The summed E-state index contributed by atoms with van der Waals surface area (Å²) in [7, 11) is 1.58. The van der Waals surface area contributed by atoms with Crippen molar-refractivity contribution in [1.29, 1.82) is 0 Å². The van der Waals surface area contributed by atoms with Crippen LogP contribution < -0.4 is 21.7 Å². The van der Waals surface area contributed by atoms with E-state index in [1.54, 1.807) is 19.2 Å². The average molecular weight is 212 g/mol. The third-order valence-corrected chi connectivity index (χ3v) is 0.793. The molecule has 0 atom stereocenters. The molecular formula is C6H6BrMgNO. The van der Waals surface area contributed by atoms with Crippen LogP contribution in [0.3, 0.4) is 0 Å². The third-order valence-electron chi connectivity index (χ3n) is 0.793. The topological polar surface area (TPSA) is 22.1 Å². The molecule has 50 valence electrons. The Morgan fingerprint density at radius 1 is 1.60 bits per heavy atom. The number of ether oxygens (including phenoxy) is 1. The largest absolute Gasteiger partial charge is 2.00 e. The maximum absolute atomic E-state index is 4.77. The molecule has 0 saturated carbocycles. The zero-order valence-corrected chi connectivity index (χ0v) is 8.67. The van der Waals surface area contributed by atoms with Crippen LogP contribution in [0.1, 0.15) is 0 Å². The van der Waals surface area contributed by atoms with Crippen molar-refractivity contribution in [2.24, 2.45) is 0 Å². The van der Waals surface area contributed by atoms with Crippen molar-refractivity contribution in [3.8, 4) is 5.88 Å². The van der Waals surface area contributed by atoms with Gasteiger partial charge in [0.1, 0.15) is 0 Å². The molecule has 1 aromatic rings. The van der Waals surface area contributed by atoms with Crippen molar-refractivity contribution in [2.75, 3.05) is 7.11 Å². The van der Waals surface area contributed by atoms with Crippen molar-refractivity contribution >= 4 is 23.1 Å². The van der Waals surface area contributed by atoms with Crippen molar-refractivity contribution in [3.63, 3.8) is 0 Å². The quantitative estimate of drug-likeness (QED) is 0.380. The van der Waals surface area contributed by atoms with E-state index in [1.165, 1.54) is 0 Å². The van der Waals surface area contributed by atoms with E-state index in [4.69, 9.17) is 4.74 Å². The first-order chi connectivity index (χ1) is 3.93. The second-order valence-corrected chi connectivity index (χ2v) is 1.31. The van der Waals surface area contributed by atoms with Crippen LogP contribution in [0.15, 0.2) is 18.2 Å². The monoisotopic (exact) mass is 211 g/mol. The molecule has 0 fully saturated rings. The second kappa shape index (κ2) is 7.30. The molecular weight excluding hydrogens is 206 g/mol. The minimum Gasteiger partial charge on any atom is -1.00 e. The Bertz CT molecular complexity index is 159. The number of hydrogen-bond donors (Lipinski definition) is 0. The van der Waals surface area contributed by atoms with Gasteiger partial charge in [-0.25, -0.2) is 0 Å². The number of halogens is 1. The molecule has 1 rings (SSSR count). The molecule has 0 aliphatic carbocycles. The fourth-order valence-corrected chi connectivity index (χ4v) is 0.425. The van der Waals surface area contributed by atoms with E-state index in [1.807, 2.05) is 6.07 Å². The Balaban J connectivity index is 0. The van der Waals surface area contributed by atoms with Gasteiger partial charge in [-0.1, -0.05) is 6.20 Å². The Kier molecular flexibility index (Phi) is 9.38. The van der Waals surface area contributed by atoms with Gasteiger partial charge in [0.05, 0.1) is 13.0 Å². The summed E-state index contributed by atoms with van der Waals surface area (Å²) < 4.78 is 4.77. The first-order valence-electron chi connectivity index (χ1n) is 2.30. The minimum absolute atomic E-state index is 0. The molecule has 10 heavy (non-hydrogen) atoms. The van der Waals surface area contributed by atoms with E-state index in [0.717, 1.165) is 0 Å². The number of hydrogen-bond acceptors (Lipinski definition) is 2. The minimum atomic E-state index is 0. The van der Waals surface area contributed by atoms with Gasteiger partial charge in [0, 0.05) is 0 Å².